The second kappa shape index (κ2) is 6.10. The Balaban J connectivity index is 2.27. The topological polar surface area (TPSA) is 38.3 Å². The van der Waals surface area contributed by atoms with Gasteiger partial charge in [-0.3, -0.25) is 4.79 Å². The van der Waals surface area contributed by atoms with Crippen LogP contribution in [0.2, 0.25) is 0 Å². The Hall–Kier alpha value is -0.220. The van der Waals surface area contributed by atoms with Crippen LogP contribution in [-0.4, -0.2) is 35.7 Å². The van der Waals surface area contributed by atoms with Gasteiger partial charge in [-0.15, -0.1) is 0 Å². The van der Waals surface area contributed by atoms with E-state index in [1.54, 1.807) is 0 Å². The lowest BCUT2D eigenvalue weighted by Gasteiger charge is -2.27. The summed E-state index contributed by atoms with van der Waals surface area (Å²) < 4.78 is 5.73. The highest BCUT2D eigenvalue weighted by Gasteiger charge is 2.33. The van der Waals surface area contributed by atoms with E-state index in [0.29, 0.717) is 0 Å². The molecule has 1 rings (SSSR count). The van der Waals surface area contributed by atoms with Gasteiger partial charge in [-0.2, -0.15) is 11.8 Å². The van der Waals surface area contributed by atoms with Gasteiger partial charge in [-0.1, -0.05) is 12.8 Å². The third kappa shape index (κ3) is 5.30. The van der Waals surface area contributed by atoms with Gasteiger partial charge in [-0.25, -0.2) is 0 Å². The second-order valence-electron chi connectivity index (χ2n) is 5.77. The molecule has 1 N–H and O–H groups in total. The van der Waals surface area contributed by atoms with Crippen molar-refractivity contribution in [3.05, 3.63) is 0 Å². The van der Waals surface area contributed by atoms with Crippen LogP contribution in [0.25, 0.3) is 0 Å². The van der Waals surface area contributed by atoms with Crippen molar-refractivity contribution >= 4 is 17.7 Å². The summed E-state index contributed by atoms with van der Waals surface area (Å²) in [7, 11) is 0. The Morgan fingerprint density at radius 3 is 2.41 bits per heavy atom. The lowest BCUT2D eigenvalue weighted by molar-refractivity contribution is -0.130. The first-order valence-corrected chi connectivity index (χ1v) is 7.55. The number of ether oxygens (including phenoxy) is 1. The highest BCUT2D eigenvalue weighted by molar-refractivity contribution is 8.00. The summed E-state index contributed by atoms with van der Waals surface area (Å²) >= 11 is 1.89. The zero-order chi connectivity index (χ0) is 12.9. The minimum absolute atomic E-state index is 0.000231. The van der Waals surface area contributed by atoms with Crippen LogP contribution in [0.15, 0.2) is 0 Å². The van der Waals surface area contributed by atoms with Gasteiger partial charge in [0.15, 0.2) is 0 Å². The lowest BCUT2D eigenvalue weighted by Crippen LogP contribution is -2.41. The van der Waals surface area contributed by atoms with Gasteiger partial charge in [0.05, 0.1) is 5.60 Å². The molecule has 1 saturated carbocycles. The van der Waals surface area contributed by atoms with Crippen LogP contribution >= 0.6 is 11.8 Å². The van der Waals surface area contributed by atoms with E-state index in [1.807, 2.05) is 32.5 Å². The van der Waals surface area contributed by atoms with Crippen LogP contribution in [-0.2, 0) is 9.53 Å². The molecule has 3 nitrogen and oxygen atoms in total. The maximum absolute atomic E-state index is 11.7. The van der Waals surface area contributed by atoms with Gasteiger partial charge in [0.1, 0.15) is 6.61 Å². The third-order valence-electron chi connectivity index (χ3n) is 3.19. The van der Waals surface area contributed by atoms with E-state index in [1.165, 1.54) is 25.7 Å². The summed E-state index contributed by atoms with van der Waals surface area (Å²) in [5.41, 5.74) is -0.248. The minimum atomic E-state index is -0.248. The maximum atomic E-state index is 11.7. The molecule has 100 valence electrons. The van der Waals surface area contributed by atoms with Crippen molar-refractivity contribution in [2.45, 2.75) is 56.8 Å². The standard InChI is InChI=1S/C13H25NO2S/c1-12(2,3)16-9-11(15)14-10-13(17-4)7-5-6-8-13/h5-10H2,1-4H3,(H,14,15). The molecule has 1 aliphatic carbocycles. The first-order valence-electron chi connectivity index (χ1n) is 6.33. The van der Waals surface area contributed by atoms with Crippen molar-refractivity contribution < 1.29 is 9.53 Å². The molecule has 1 amide bonds. The van der Waals surface area contributed by atoms with E-state index in [-0.39, 0.29) is 22.9 Å². The summed E-state index contributed by atoms with van der Waals surface area (Å²) in [6.07, 6.45) is 7.15. The van der Waals surface area contributed by atoms with Crippen LogP contribution in [0, 0.1) is 0 Å². The highest BCUT2D eigenvalue weighted by Crippen LogP contribution is 2.39. The molecule has 0 atom stereocenters. The van der Waals surface area contributed by atoms with E-state index < -0.39 is 0 Å². The van der Waals surface area contributed by atoms with Crippen LogP contribution in [0.3, 0.4) is 0 Å². The van der Waals surface area contributed by atoms with Gasteiger partial charge >= 0.3 is 0 Å². The number of hydrogen-bond donors (Lipinski definition) is 1. The van der Waals surface area contributed by atoms with Crippen molar-refractivity contribution in [1.82, 2.24) is 5.32 Å². The van der Waals surface area contributed by atoms with E-state index in [0.717, 1.165) is 6.54 Å². The molecule has 0 heterocycles. The van der Waals surface area contributed by atoms with E-state index >= 15 is 0 Å². The average molecular weight is 259 g/mol. The van der Waals surface area contributed by atoms with Crippen LogP contribution in [0.4, 0.5) is 0 Å². The molecule has 0 aromatic rings. The highest BCUT2D eigenvalue weighted by atomic mass is 32.2. The summed E-state index contributed by atoms with van der Waals surface area (Å²) in [5.74, 6) is 0.000231. The first kappa shape index (κ1) is 14.8. The van der Waals surface area contributed by atoms with E-state index in [9.17, 15) is 4.79 Å². The molecule has 0 unspecified atom stereocenters. The predicted molar refractivity (Wildman–Crippen MR) is 73.4 cm³/mol. The Morgan fingerprint density at radius 1 is 1.35 bits per heavy atom. The number of nitrogens with one attached hydrogen (secondary N) is 1. The van der Waals surface area contributed by atoms with Gasteiger partial charge in [0.25, 0.3) is 0 Å². The Labute approximate surface area is 109 Å². The number of thioether (sulfide) groups is 1. The molecule has 0 aliphatic heterocycles. The van der Waals surface area contributed by atoms with Gasteiger partial charge in [0.2, 0.25) is 5.91 Å². The molecule has 0 spiro atoms. The summed E-state index contributed by atoms with van der Waals surface area (Å²) in [4.78, 5) is 11.7. The Morgan fingerprint density at radius 2 is 1.94 bits per heavy atom. The molecule has 17 heavy (non-hydrogen) atoms. The first-order chi connectivity index (χ1) is 7.87. The molecular weight excluding hydrogens is 234 g/mol. The van der Waals surface area contributed by atoms with Crippen molar-refractivity contribution in [2.24, 2.45) is 0 Å². The molecular formula is C13H25NO2S. The average Bonchev–Trinajstić information content (AvgIpc) is 2.72. The number of carbonyl (C=O) groups excluding carboxylic acids is 1. The molecule has 0 radical (unpaired) electrons. The lowest BCUT2D eigenvalue weighted by atomic mass is 10.1. The van der Waals surface area contributed by atoms with Crippen molar-refractivity contribution in [2.75, 3.05) is 19.4 Å². The molecule has 4 heteroatoms. The van der Waals surface area contributed by atoms with Crippen LogP contribution < -0.4 is 5.32 Å². The quantitative estimate of drug-likeness (QED) is 0.825. The summed E-state index contributed by atoms with van der Waals surface area (Å²) in [5, 5.41) is 3.00. The Kier molecular flexibility index (Phi) is 5.32. The van der Waals surface area contributed by atoms with Crippen molar-refractivity contribution in [3.8, 4) is 0 Å². The maximum Gasteiger partial charge on any atom is 0.246 e. The van der Waals surface area contributed by atoms with Crippen LogP contribution in [0.1, 0.15) is 46.5 Å². The normalized spacial score (nSPS) is 19.3. The summed E-state index contributed by atoms with van der Waals surface area (Å²) in [6, 6.07) is 0. The van der Waals surface area contributed by atoms with Gasteiger partial charge < -0.3 is 10.1 Å². The number of carbonyl (C=O) groups is 1. The number of rotatable bonds is 5. The number of hydrogen-bond acceptors (Lipinski definition) is 3. The fourth-order valence-electron chi connectivity index (χ4n) is 2.07. The van der Waals surface area contributed by atoms with E-state index in [2.05, 4.69) is 11.6 Å². The van der Waals surface area contributed by atoms with Crippen molar-refractivity contribution in [3.63, 3.8) is 0 Å². The van der Waals surface area contributed by atoms with Crippen LogP contribution in [0.5, 0.6) is 0 Å². The second-order valence-corrected chi connectivity index (χ2v) is 7.05. The largest absolute Gasteiger partial charge is 0.366 e. The monoisotopic (exact) mass is 259 g/mol. The minimum Gasteiger partial charge on any atom is -0.366 e. The van der Waals surface area contributed by atoms with Crippen molar-refractivity contribution in [1.29, 1.82) is 0 Å². The predicted octanol–water partition coefficient (Wildman–Crippen LogP) is 2.59. The zero-order valence-electron chi connectivity index (χ0n) is 11.5. The zero-order valence-corrected chi connectivity index (χ0v) is 12.3. The smallest absolute Gasteiger partial charge is 0.246 e. The third-order valence-corrected chi connectivity index (χ3v) is 4.61. The fourth-order valence-corrected chi connectivity index (χ4v) is 2.98. The number of amides is 1. The molecule has 1 aliphatic rings. The molecule has 0 aromatic carbocycles. The molecule has 1 fully saturated rings. The SMILES string of the molecule is CSC1(CNC(=O)COC(C)(C)C)CCCC1. The van der Waals surface area contributed by atoms with E-state index in [4.69, 9.17) is 4.74 Å². The molecule has 0 aromatic heterocycles. The summed E-state index contributed by atoms with van der Waals surface area (Å²) in [6.45, 7) is 6.82. The van der Waals surface area contributed by atoms with Gasteiger partial charge in [-0.05, 0) is 39.9 Å². The fraction of sp³-hybridized carbons (Fsp3) is 0.923. The Bertz CT molecular complexity index is 255. The molecule has 0 bridgehead atoms. The van der Waals surface area contributed by atoms with Gasteiger partial charge in [0, 0.05) is 11.3 Å². The molecule has 0 saturated heterocycles.